The van der Waals surface area contributed by atoms with Gasteiger partial charge in [-0.1, -0.05) is 25.1 Å². The molecule has 3 rings (SSSR count). The summed E-state index contributed by atoms with van der Waals surface area (Å²) in [6.45, 7) is 3.50. The van der Waals surface area contributed by atoms with Crippen molar-refractivity contribution in [2.75, 3.05) is 6.61 Å². The predicted molar refractivity (Wildman–Crippen MR) is 79.2 cm³/mol. The molecule has 0 fully saturated rings. The summed E-state index contributed by atoms with van der Waals surface area (Å²) in [5, 5.41) is 14.7. The molecule has 0 saturated carbocycles. The molecule has 2 atom stereocenters. The van der Waals surface area contributed by atoms with Crippen LogP contribution < -0.4 is 4.74 Å². The van der Waals surface area contributed by atoms with Crippen molar-refractivity contribution in [3.8, 4) is 5.75 Å². The molecule has 21 heavy (non-hydrogen) atoms. The Morgan fingerprint density at radius 2 is 2.29 bits per heavy atom. The number of benzene rings is 1. The molecule has 1 aromatic heterocycles. The molecule has 2 aromatic rings. The number of aromatic nitrogens is 3. The smallest absolute Gasteiger partial charge is 0.138 e. The van der Waals surface area contributed by atoms with Crippen LogP contribution in [0.4, 0.5) is 0 Å². The Morgan fingerprint density at radius 3 is 3.14 bits per heavy atom. The van der Waals surface area contributed by atoms with Crippen molar-refractivity contribution in [1.82, 2.24) is 14.8 Å². The second-order valence-electron chi connectivity index (χ2n) is 5.55. The molecule has 0 aliphatic carbocycles. The number of para-hydroxylation sites is 1. The molecular formula is C16H21N3O2. The van der Waals surface area contributed by atoms with Crippen LogP contribution in [-0.2, 0) is 19.4 Å². The average molecular weight is 287 g/mol. The summed E-state index contributed by atoms with van der Waals surface area (Å²) >= 11 is 0. The number of aliphatic hydroxyl groups excluding tert-OH is 1. The third-order valence-electron chi connectivity index (χ3n) is 3.97. The van der Waals surface area contributed by atoms with Gasteiger partial charge < -0.3 is 9.84 Å². The Morgan fingerprint density at radius 1 is 1.43 bits per heavy atom. The van der Waals surface area contributed by atoms with Crippen molar-refractivity contribution in [2.45, 2.75) is 38.8 Å². The van der Waals surface area contributed by atoms with Crippen LogP contribution in [0.25, 0.3) is 0 Å². The number of ether oxygens (including phenoxy) is 1. The minimum absolute atomic E-state index is 0.103. The molecule has 1 aliphatic heterocycles. The summed E-state index contributed by atoms with van der Waals surface area (Å²) in [7, 11) is 0. The Balaban J connectivity index is 1.66. The van der Waals surface area contributed by atoms with Gasteiger partial charge in [0.05, 0.1) is 12.7 Å². The molecule has 1 aromatic carbocycles. The maximum absolute atomic E-state index is 10.5. The van der Waals surface area contributed by atoms with Crippen LogP contribution in [0.2, 0.25) is 0 Å². The van der Waals surface area contributed by atoms with Crippen molar-refractivity contribution in [2.24, 2.45) is 5.92 Å². The van der Waals surface area contributed by atoms with E-state index in [1.807, 2.05) is 22.9 Å². The number of nitrogens with zero attached hydrogens (tertiary/aromatic N) is 3. The Labute approximate surface area is 124 Å². The van der Waals surface area contributed by atoms with Crippen molar-refractivity contribution in [3.05, 3.63) is 42.0 Å². The molecule has 5 heteroatoms. The molecule has 2 unspecified atom stereocenters. The summed E-state index contributed by atoms with van der Waals surface area (Å²) in [6, 6.07) is 8.03. The van der Waals surface area contributed by atoms with E-state index in [1.165, 1.54) is 5.56 Å². The molecule has 112 valence electrons. The van der Waals surface area contributed by atoms with Gasteiger partial charge in [-0.15, -0.1) is 0 Å². The first-order valence-electron chi connectivity index (χ1n) is 7.53. The SMILES string of the molecule is CCCn1ncnc1CC(O)C1COc2ccccc2C1. The Kier molecular flexibility index (Phi) is 4.20. The first-order valence-corrected chi connectivity index (χ1v) is 7.53. The van der Waals surface area contributed by atoms with Crippen molar-refractivity contribution < 1.29 is 9.84 Å². The molecule has 0 saturated heterocycles. The Bertz CT molecular complexity index is 597. The molecule has 0 radical (unpaired) electrons. The lowest BCUT2D eigenvalue weighted by Crippen LogP contribution is -2.33. The molecule has 1 N–H and O–H groups in total. The van der Waals surface area contributed by atoms with Crippen LogP contribution in [0.3, 0.4) is 0 Å². The fraction of sp³-hybridized carbons (Fsp3) is 0.500. The van der Waals surface area contributed by atoms with Crippen LogP contribution in [-0.4, -0.2) is 32.6 Å². The molecule has 0 amide bonds. The van der Waals surface area contributed by atoms with Gasteiger partial charge in [-0.05, 0) is 24.5 Å². The van der Waals surface area contributed by atoms with Crippen molar-refractivity contribution in [3.63, 3.8) is 0 Å². The first kappa shape index (κ1) is 14.1. The number of aryl methyl sites for hydroxylation is 1. The van der Waals surface area contributed by atoms with Gasteiger partial charge in [0.25, 0.3) is 0 Å². The number of rotatable bonds is 5. The summed E-state index contributed by atoms with van der Waals surface area (Å²) in [4.78, 5) is 4.26. The minimum atomic E-state index is -0.460. The van der Waals surface area contributed by atoms with Crippen molar-refractivity contribution >= 4 is 0 Å². The van der Waals surface area contributed by atoms with Crippen LogP contribution in [0, 0.1) is 5.92 Å². The van der Waals surface area contributed by atoms with Gasteiger partial charge in [-0.25, -0.2) is 4.98 Å². The quantitative estimate of drug-likeness (QED) is 0.911. The number of hydrogen-bond donors (Lipinski definition) is 1. The lowest BCUT2D eigenvalue weighted by Gasteiger charge is -2.28. The van der Waals surface area contributed by atoms with Crippen LogP contribution in [0.1, 0.15) is 24.7 Å². The third-order valence-corrected chi connectivity index (χ3v) is 3.97. The standard InChI is InChI=1S/C16H21N3O2/c1-2-7-19-16(17-11-18-19)9-14(20)13-8-12-5-3-4-6-15(12)21-10-13/h3-6,11,13-14,20H,2,7-10H2,1H3. The topological polar surface area (TPSA) is 60.2 Å². The third kappa shape index (κ3) is 3.08. The zero-order valence-electron chi connectivity index (χ0n) is 12.3. The number of fused-ring (bicyclic) bond motifs is 1. The van der Waals surface area contributed by atoms with Gasteiger partial charge in [-0.3, -0.25) is 4.68 Å². The van der Waals surface area contributed by atoms with Crippen LogP contribution in [0.15, 0.2) is 30.6 Å². The highest BCUT2D eigenvalue weighted by Crippen LogP contribution is 2.29. The summed E-state index contributed by atoms with van der Waals surface area (Å²) in [5.41, 5.74) is 1.17. The van der Waals surface area contributed by atoms with Gasteiger partial charge in [0.1, 0.15) is 17.9 Å². The summed E-state index contributed by atoms with van der Waals surface area (Å²) in [6.07, 6.45) is 3.48. The van der Waals surface area contributed by atoms with Crippen molar-refractivity contribution in [1.29, 1.82) is 0 Å². The highest BCUT2D eigenvalue weighted by Gasteiger charge is 2.27. The number of hydrogen-bond acceptors (Lipinski definition) is 4. The van der Waals surface area contributed by atoms with Gasteiger partial charge in [0.15, 0.2) is 0 Å². The van der Waals surface area contributed by atoms with Gasteiger partial charge in [0.2, 0.25) is 0 Å². The maximum atomic E-state index is 10.5. The lowest BCUT2D eigenvalue weighted by molar-refractivity contribution is 0.0630. The highest BCUT2D eigenvalue weighted by atomic mass is 16.5. The average Bonchev–Trinajstić information content (AvgIpc) is 2.94. The van der Waals surface area contributed by atoms with Gasteiger partial charge in [-0.2, -0.15) is 5.10 Å². The molecular weight excluding hydrogens is 266 g/mol. The summed E-state index contributed by atoms with van der Waals surface area (Å²) in [5.74, 6) is 1.89. The van der Waals surface area contributed by atoms with E-state index < -0.39 is 6.10 Å². The van der Waals surface area contributed by atoms with E-state index in [1.54, 1.807) is 6.33 Å². The maximum Gasteiger partial charge on any atom is 0.138 e. The van der Waals surface area contributed by atoms with Crippen LogP contribution in [0.5, 0.6) is 5.75 Å². The molecule has 1 aliphatic rings. The fourth-order valence-corrected chi connectivity index (χ4v) is 2.80. The first-order chi connectivity index (χ1) is 10.3. The second kappa shape index (κ2) is 6.26. The minimum Gasteiger partial charge on any atom is -0.493 e. The highest BCUT2D eigenvalue weighted by molar-refractivity contribution is 5.35. The van der Waals surface area contributed by atoms with E-state index in [0.29, 0.717) is 13.0 Å². The predicted octanol–water partition coefficient (Wildman–Crippen LogP) is 1.84. The monoisotopic (exact) mass is 287 g/mol. The largest absolute Gasteiger partial charge is 0.493 e. The molecule has 0 bridgehead atoms. The molecule has 5 nitrogen and oxygen atoms in total. The van der Waals surface area contributed by atoms with Crippen LogP contribution >= 0.6 is 0 Å². The Hall–Kier alpha value is -1.88. The van der Waals surface area contributed by atoms with E-state index in [2.05, 4.69) is 23.1 Å². The zero-order chi connectivity index (χ0) is 14.7. The van der Waals surface area contributed by atoms with E-state index in [4.69, 9.17) is 4.74 Å². The van der Waals surface area contributed by atoms with E-state index in [0.717, 1.165) is 31.0 Å². The molecule has 2 heterocycles. The zero-order valence-corrected chi connectivity index (χ0v) is 12.3. The second-order valence-corrected chi connectivity index (χ2v) is 5.55. The number of aliphatic hydroxyl groups is 1. The molecule has 0 spiro atoms. The van der Waals surface area contributed by atoms with E-state index in [-0.39, 0.29) is 5.92 Å². The van der Waals surface area contributed by atoms with Gasteiger partial charge in [0, 0.05) is 18.9 Å². The normalized spacial score (nSPS) is 18.9. The summed E-state index contributed by atoms with van der Waals surface area (Å²) < 4.78 is 7.63. The van der Waals surface area contributed by atoms with E-state index in [9.17, 15) is 5.11 Å². The fourth-order valence-electron chi connectivity index (χ4n) is 2.80. The lowest BCUT2D eigenvalue weighted by atomic mass is 9.90. The van der Waals surface area contributed by atoms with E-state index >= 15 is 0 Å². The van der Waals surface area contributed by atoms with Gasteiger partial charge >= 0.3 is 0 Å².